The maximum atomic E-state index is 5.79. The molecule has 3 rings (SSSR count). The molecule has 3 aromatic rings. The fourth-order valence-electron chi connectivity index (χ4n) is 1.74. The first-order valence-electron chi connectivity index (χ1n) is 5.30. The van der Waals surface area contributed by atoms with Crippen molar-refractivity contribution in [1.82, 2.24) is 24.7 Å². The third-order valence-electron chi connectivity index (χ3n) is 2.50. The Bertz CT molecular complexity index is 708. The normalized spacial score (nSPS) is 10.8. The molecule has 0 saturated carbocycles. The third kappa shape index (κ3) is 1.67. The molecule has 0 aliphatic carbocycles. The monoisotopic (exact) mass is 260 g/mol. The molecule has 3 heterocycles. The highest BCUT2D eigenvalue weighted by Gasteiger charge is 2.12. The van der Waals surface area contributed by atoms with Gasteiger partial charge in [0.15, 0.2) is 11.6 Å². The van der Waals surface area contributed by atoms with E-state index in [4.69, 9.17) is 11.6 Å². The molecule has 0 amide bonds. The maximum Gasteiger partial charge on any atom is 0.224 e. The highest BCUT2D eigenvalue weighted by molar-refractivity contribution is 6.28. The van der Waals surface area contributed by atoms with Gasteiger partial charge in [-0.05, 0) is 23.7 Å². The van der Waals surface area contributed by atoms with Crippen molar-refractivity contribution < 1.29 is 0 Å². The van der Waals surface area contributed by atoms with Crippen LogP contribution in [0.5, 0.6) is 0 Å². The maximum absolute atomic E-state index is 5.79. The first kappa shape index (κ1) is 10.9. The number of anilines is 1. The van der Waals surface area contributed by atoms with Crippen LogP contribution >= 0.6 is 11.6 Å². The minimum atomic E-state index is 0.186. The number of nitrogens with one attached hydrogen (secondary N) is 1. The molecule has 0 aromatic carbocycles. The van der Waals surface area contributed by atoms with Gasteiger partial charge in [0.2, 0.25) is 5.28 Å². The van der Waals surface area contributed by atoms with E-state index in [-0.39, 0.29) is 5.28 Å². The number of hydrogen-bond donors (Lipinski definition) is 1. The second-order valence-corrected chi connectivity index (χ2v) is 3.90. The highest BCUT2D eigenvalue weighted by atomic mass is 35.5. The van der Waals surface area contributed by atoms with Crippen LogP contribution in [0.2, 0.25) is 5.28 Å². The average molecular weight is 261 g/mol. The molecule has 0 atom stereocenters. The van der Waals surface area contributed by atoms with Gasteiger partial charge in [0.05, 0.1) is 5.52 Å². The van der Waals surface area contributed by atoms with E-state index in [1.54, 1.807) is 30.2 Å². The summed E-state index contributed by atoms with van der Waals surface area (Å²) in [6.45, 7) is 0. The number of aromatic nitrogens is 5. The van der Waals surface area contributed by atoms with Crippen molar-refractivity contribution in [3.05, 3.63) is 35.9 Å². The van der Waals surface area contributed by atoms with Crippen molar-refractivity contribution in [2.45, 2.75) is 0 Å². The lowest BCUT2D eigenvalue weighted by atomic mass is 10.3. The summed E-state index contributed by atoms with van der Waals surface area (Å²) in [6.07, 6.45) is 3.32. The van der Waals surface area contributed by atoms with Gasteiger partial charge in [-0.1, -0.05) is 0 Å². The lowest BCUT2D eigenvalue weighted by molar-refractivity contribution is 0.868. The molecular weight excluding hydrogens is 252 g/mol. The molecule has 0 saturated heterocycles. The van der Waals surface area contributed by atoms with E-state index < -0.39 is 0 Å². The Morgan fingerprint density at radius 2 is 2.11 bits per heavy atom. The zero-order valence-corrected chi connectivity index (χ0v) is 10.3. The standard InChI is InChI=1S/C11H9ClN6/c1-13-10-9-7(3-2-5-14-9)18(17-10)8-4-6-15-11(12)16-8/h2-6H,1H3,(H,13,17). The summed E-state index contributed by atoms with van der Waals surface area (Å²) >= 11 is 5.79. The minimum Gasteiger partial charge on any atom is -0.370 e. The predicted octanol–water partition coefficient (Wildman–Crippen LogP) is 1.91. The van der Waals surface area contributed by atoms with Crippen molar-refractivity contribution in [1.29, 1.82) is 0 Å². The summed E-state index contributed by atoms with van der Waals surface area (Å²) in [4.78, 5) is 12.3. The molecule has 0 bridgehead atoms. The van der Waals surface area contributed by atoms with Crippen LogP contribution in [-0.2, 0) is 0 Å². The summed E-state index contributed by atoms with van der Waals surface area (Å²) in [6, 6.07) is 5.51. The Labute approximate surface area is 108 Å². The fraction of sp³-hybridized carbons (Fsp3) is 0.0909. The number of pyridine rings is 1. The molecular formula is C11H9ClN6. The summed E-state index contributed by atoms with van der Waals surface area (Å²) in [5.41, 5.74) is 1.64. The number of halogens is 1. The van der Waals surface area contributed by atoms with Crippen LogP contribution in [0.3, 0.4) is 0 Å². The van der Waals surface area contributed by atoms with Crippen LogP contribution in [0.25, 0.3) is 16.9 Å². The van der Waals surface area contributed by atoms with Gasteiger partial charge in [0.25, 0.3) is 0 Å². The molecule has 0 aliphatic heterocycles. The average Bonchev–Trinajstić information content (AvgIpc) is 2.77. The number of nitrogens with zero attached hydrogens (tertiary/aromatic N) is 5. The van der Waals surface area contributed by atoms with Gasteiger partial charge in [-0.25, -0.2) is 9.67 Å². The molecule has 7 heteroatoms. The Balaban J connectivity index is 2.29. The van der Waals surface area contributed by atoms with Crippen LogP contribution in [0, 0.1) is 0 Å². The Kier molecular flexibility index (Phi) is 2.56. The van der Waals surface area contributed by atoms with Gasteiger partial charge in [0, 0.05) is 25.5 Å². The lowest BCUT2D eigenvalue weighted by Gasteiger charge is -2.01. The van der Waals surface area contributed by atoms with Gasteiger partial charge in [-0.2, -0.15) is 4.98 Å². The Morgan fingerprint density at radius 1 is 1.22 bits per heavy atom. The summed E-state index contributed by atoms with van der Waals surface area (Å²) in [7, 11) is 1.80. The molecule has 0 aliphatic rings. The van der Waals surface area contributed by atoms with Gasteiger partial charge in [-0.15, -0.1) is 5.10 Å². The van der Waals surface area contributed by atoms with Gasteiger partial charge >= 0.3 is 0 Å². The third-order valence-corrected chi connectivity index (χ3v) is 2.69. The summed E-state index contributed by atoms with van der Waals surface area (Å²) < 4.78 is 1.68. The highest BCUT2D eigenvalue weighted by Crippen LogP contribution is 2.22. The van der Waals surface area contributed by atoms with E-state index in [9.17, 15) is 0 Å². The molecule has 6 nitrogen and oxygen atoms in total. The molecule has 3 aromatic heterocycles. The molecule has 0 unspecified atom stereocenters. The van der Waals surface area contributed by atoms with Crippen molar-refractivity contribution in [2.24, 2.45) is 0 Å². The van der Waals surface area contributed by atoms with Crippen LogP contribution in [0.15, 0.2) is 30.6 Å². The van der Waals surface area contributed by atoms with E-state index in [0.717, 1.165) is 11.0 Å². The molecule has 0 radical (unpaired) electrons. The molecule has 0 spiro atoms. The quantitative estimate of drug-likeness (QED) is 0.713. The predicted molar refractivity (Wildman–Crippen MR) is 69.0 cm³/mol. The van der Waals surface area contributed by atoms with Crippen LogP contribution in [0.1, 0.15) is 0 Å². The first-order chi connectivity index (χ1) is 8.79. The van der Waals surface area contributed by atoms with E-state index >= 15 is 0 Å². The SMILES string of the molecule is CNc1nn(-c2ccnc(Cl)n2)c2cccnc12. The smallest absolute Gasteiger partial charge is 0.224 e. The van der Waals surface area contributed by atoms with Crippen molar-refractivity contribution in [3.8, 4) is 5.82 Å². The van der Waals surface area contributed by atoms with Crippen LogP contribution in [0.4, 0.5) is 5.82 Å². The zero-order chi connectivity index (χ0) is 12.5. The van der Waals surface area contributed by atoms with Crippen molar-refractivity contribution in [2.75, 3.05) is 12.4 Å². The van der Waals surface area contributed by atoms with E-state index in [1.807, 2.05) is 12.1 Å². The van der Waals surface area contributed by atoms with Gasteiger partial charge < -0.3 is 5.32 Å². The number of fused-ring (bicyclic) bond motifs is 1. The number of hydrogen-bond acceptors (Lipinski definition) is 5. The minimum absolute atomic E-state index is 0.186. The molecule has 0 fully saturated rings. The fourth-order valence-corrected chi connectivity index (χ4v) is 1.88. The van der Waals surface area contributed by atoms with Gasteiger partial charge in [0.1, 0.15) is 5.52 Å². The van der Waals surface area contributed by atoms with Crippen molar-refractivity contribution >= 4 is 28.5 Å². The Morgan fingerprint density at radius 3 is 2.89 bits per heavy atom. The molecule has 1 N–H and O–H groups in total. The topological polar surface area (TPSA) is 68.5 Å². The first-order valence-corrected chi connectivity index (χ1v) is 5.68. The summed E-state index contributed by atoms with van der Waals surface area (Å²) in [5, 5.41) is 7.60. The van der Waals surface area contributed by atoms with E-state index in [1.165, 1.54) is 0 Å². The second-order valence-electron chi connectivity index (χ2n) is 3.57. The molecule has 18 heavy (non-hydrogen) atoms. The lowest BCUT2D eigenvalue weighted by Crippen LogP contribution is -2.01. The second kappa shape index (κ2) is 4.23. The van der Waals surface area contributed by atoms with E-state index in [2.05, 4.69) is 25.4 Å². The largest absolute Gasteiger partial charge is 0.370 e. The summed E-state index contributed by atoms with van der Waals surface area (Å²) in [5.74, 6) is 1.30. The number of rotatable bonds is 2. The van der Waals surface area contributed by atoms with Crippen molar-refractivity contribution in [3.63, 3.8) is 0 Å². The van der Waals surface area contributed by atoms with Crippen LogP contribution in [-0.4, -0.2) is 31.8 Å². The Hall–Kier alpha value is -2.21. The van der Waals surface area contributed by atoms with Crippen LogP contribution < -0.4 is 5.32 Å². The van der Waals surface area contributed by atoms with E-state index in [0.29, 0.717) is 11.6 Å². The molecule has 90 valence electrons. The zero-order valence-electron chi connectivity index (χ0n) is 9.50. The van der Waals surface area contributed by atoms with Gasteiger partial charge in [-0.3, -0.25) is 4.98 Å².